The highest BCUT2D eigenvalue weighted by Gasteiger charge is 2.31. The number of carbonyl (C=O) groups excluding carboxylic acids is 1. The lowest BCUT2D eigenvalue weighted by atomic mass is 9.84. The third-order valence-corrected chi connectivity index (χ3v) is 6.99. The summed E-state index contributed by atoms with van der Waals surface area (Å²) in [5, 5.41) is 6.92. The van der Waals surface area contributed by atoms with E-state index in [-0.39, 0.29) is 24.0 Å². The minimum absolute atomic E-state index is 0. The number of piperazine rings is 1. The van der Waals surface area contributed by atoms with Crippen LogP contribution in [0.15, 0.2) is 4.99 Å². The highest BCUT2D eigenvalue weighted by Crippen LogP contribution is 2.28. The summed E-state index contributed by atoms with van der Waals surface area (Å²) in [6, 6.07) is 0.760. The second-order valence-corrected chi connectivity index (χ2v) is 8.81. The van der Waals surface area contributed by atoms with Crippen molar-refractivity contribution in [3.05, 3.63) is 0 Å². The fraction of sp³-hybridized carbons (Fsp3) is 0.909. The third kappa shape index (κ3) is 7.51. The summed E-state index contributed by atoms with van der Waals surface area (Å²) in [7, 11) is 1.84. The van der Waals surface area contributed by atoms with Crippen LogP contribution in [0.5, 0.6) is 0 Å². The Bertz CT molecular complexity index is 534. The zero-order chi connectivity index (χ0) is 20.5. The molecule has 0 spiro atoms. The summed E-state index contributed by atoms with van der Waals surface area (Å²) in [5.41, 5.74) is 0. The maximum Gasteiger partial charge on any atom is 0.225 e. The number of rotatable bonds is 8. The number of guanidine groups is 1. The molecule has 0 bridgehead atoms. The quantitative estimate of drug-likeness (QED) is 0.284. The first-order valence-corrected chi connectivity index (χ1v) is 11.9. The molecule has 2 saturated heterocycles. The van der Waals surface area contributed by atoms with E-state index in [1.165, 1.54) is 38.6 Å². The predicted octanol–water partition coefficient (Wildman–Crippen LogP) is 1.98. The highest BCUT2D eigenvalue weighted by molar-refractivity contribution is 14.0. The Balaban J connectivity index is 0.00000320. The maximum absolute atomic E-state index is 12.4. The molecule has 2 N–H and O–H groups in total. The van der Waals surface area contributed by atoms with E-state index >= 15 is 0 Å². The van der Waals surface area contributed by atoms with Crippen LogP contribution in [0.1, 0.15) is 51.9 Å². The van der Waals surface area contributed by atoms with Crippen molar-refractivity contribution in [3.63, 3.8) is 0 Å². The standard InChI is InChI=1S/C22H42N6O.HI/c1-3-20-9-4-5-12-27(20)14-11-25-22(23-2)24-10-13-26-15-17-28(18-16-26)21(29)19-7-6-8-19;/h19-20H,3-18H2,1-2H3,(H2,23,24,25);1H. The van der Waals surface area contributed by atoms with Crippen molar-refractivity contribution in [2.45, 2.75) is 57.9 Å². The fourth-order valence-electron chi connectivity index (χ4n) is 4.79. The van der Waals surface area contributed by atoms with Gasteiger partial charge in [0.15, 0.2) is 5.96 Å². The predicted molar refractivity (Wildman–Crippen MR) is 135 cm³/mol. The van der Waals surface area contributed by atoms with Gasteiger partial charge in [-0.3, -0.25) is 19.6 Å². The lowest BCUT2D eigenvalue weighted by Gasteiger charge is -2.38. The van der Waals surface area contributed by atoms with Crippen LogP contribution in [0.2, 0.25) is 0 Å². The van der Waals surface area contributed by atoms with Gasteiger partial charge in [-0.05, 0) is 38.6 Å². The maximum atomic E-state index is 12.4. The van der Waals surface area contributed by atoms with Gasteiger partial charge in [-0.25, -0.2) is 0 Å². The molecule has 0 radical (unpaired) electrons. The summed E-state index contributed by atoms with van der Waals surface area (Å²) in [6.07, 6.45) is 8.76. The molecule has 1 aliphatic carbocycles. The van der Waals surface area contributed by atoms with Crippen molar-refractivity contribution >= 4 is 35.8 Å². The van der Waals surface area contributed by atoms with Crippen LogP contribution in [0.3, 0.4) is 0 Å². The molecule has 3 rings (SSSR count). The smallest absolute Gasteiger partial charge is 0.225 e. The van der Waals surface area contributed by atoms with Gasteiger partial charge in [0, 0.05) is 71.4 Å². The first kappa shape index (κ1) is 25.6. The monoisotopic (exact) mass is 534 g/mol. The molecule has 3 aliphatic rings. The SMILES string of the molecule is CCC1CCCCN1CCNC(=NC)NCCN1CCN(C(=O)C2CCC2)CC1.I. The van der Waals surface area contributed by atoms with Gasteiger partial charge >= 0.3 is 0 Å². The number of aliphatic imine (C=N–C) groups is 1. The number of nitrogens with zero attached hydrogens (tertiary/aromatic N) is 4. The van der Waals surface area contributed by atoms with Gasteiger partial charge in [0.25, 0.3) is 0 Å². The van der Waals surface area contributed by atoms with Crippen molar-refractivity contribution in [1.82, 2.24) is 25.3 Å². The molecule has 2 heterocycles. The second-order valence-electron chi connectivity index (χ2n) is 8.81. The average Bonchev–Trinajstić information content (AvgIpc) is 2.72. The van der Waals surface area contributed by atoms with Crippen LogP contribution < -0.4 is 10.6 Å². The van der Waals surface area contributed by atoms with Gasteiger partial charge < -0.3 is 15.5 Å². The van der Waals surface area contributed by atoms with Crippen LogP contribution >= 0.6 is 24.0 Å². The van der Waals surface area contributed by atoms with Crippen molar-refractivity contribution < 1.29 is 4.79 Å². The Morgan fingerprint density at radius 3 is 2.23 bits per heavy atom. The molecule has 3 fully saturated rings. The van der Waals surface area contributed by atoms with Gasteiger partial charge in [-0.15, -0.1) is 24.0 Å². The highest BCUT2D eigenvalue weighted by atomic mass is 127. The minimum atomic E-state index is 0. The molecular weight excluding hydrogens is 491 g/mol. The second kappa shape index (κ2) is 13.7. The molecule has 30 heavy (non-hydrogen) atoms. The molecule has 1 saturated carbocycles. The molecule has 1 amide bonds. The Hall–Kier alpha value is -0.610. The molecule has 0 aromatic rings. The van der Waals surface area contributed by atoms with E-state index in [9.17, 15) is 4.79 Å². The van der Waals surface area contributed by atoms with Crippen LogP contribution in [-0.4, -0.2) is 98.6 Å². The molecule has 2 aliphatic heterocycles. The number of nitrogens with one attached hydrogen (secondary N) is 2. The number of hydrogen-bond acceptors (Lipinski definition) is 4. The topological polar surface area (TPSA) is 63.2 Å². The lowest BCUT2D eigenvalue weighted by molar-refractivity contribution is -0.139. The first-order valence-electron chi connectivity index (χ1n) is 11.9. The normalized spacial score (nSPS) is 24.1. The Morgan fingerprint density at radius 2 is 1.63 bits per heavy atom. The van der Waals surface area contributed by atoms with E-state index in [2.05, 4.69) is 37.2 Å². The number of likely N-dealkylation sites (tertiary alicyclic amines) is 1. The van der Waals surface area contributed by atoms with E-state index in [4.69, 9.17) is 0 Å². The van der Waals surface area contributed by atoms with Gasteiger partial charge in [0.2, 0.25) is 5.91 Å². The van der Waals surface area contributed by atoms with Gasteiger partial charge in [-0.1, -0.05) is 19.8 Å². The van der Waals surface area contributed by atoms with E-state index in [0.717, 1.165) is 77.2 Å². The molecule has 8 heteroatoms. The molecule has 174 valence electrons. The number of hydrogen-bond donors (Lipinski definition) is 2. The first-order chi connectivity index (χ1) is 14.2. The van der Waals surface area contributed by atoms with Crippen LogP contribution in [0.4, 0.5) is 0 Å². The van der Waals surface area contributed by atoms with Crippen molar-refractivity contribution in [2.75, 3.05) is 66.0 Å². The number of piperidine rings is 1. The molecule has 0 aromatic carbocycles. The number of carbonyl (C=O) groups is 1. The van der Waals surface area contributed by atoms with Gasteiger partial charge in [0.05, 0.1) is 0 Å². The molecule has 1 unspecified atom stereocenters. The number of halogens is 1. The number of amides is 1. The average molecular weight is 535 g/mol. The van der Waals surface area contributed by atoms with Gasteiger partial charge in [-0.2, -0.15) is 0 Å². The van der Waals surface area contributed by atoms with E-state index in [0.29, 0.717) is 11.8 Å². The van der Waals surface area contributed by atoms with E-state index < -0.39 is 0 Å². The van der Waals surface area contributed by atoms with E-state index in [1.807, 2.05) is 7.05 Å². The van der Waals surface area contributed by atoms with Crippen molar-refractivity contribution in [2.24, 2.45) is 10.9 Å². The Labute approximate surface area is 200 Å². The lowest BCUT2D eigenvalue weighted by Crippen LogP contribution is -2.52. The van der Waals surface area contributed by atoms with Crippen molar-refractivity contribution in [1.29, 1.82) is 0 Å². The van der Waals surface area contributed by atoms with Crippen LogP contribution in [0.25, 0.3) is 0 Å². The molecule has 7 nitrogen and oxygen atoms in total. The fourth-order valence-corrected chi connectivity index (χ4v) is 4.79. The van der Waals surface area contributed by atoms with Crippen LogP contribution in [-0.2, 0) is 4.79 Å². The molecule has 0 aromatic heterocycles. The minimum Gasteiger partial charge on any atom is -0.355 e. The zero-order valence-corrected chi connectivity index (χ0v) is 21.4. The molecular formula is C22H43IN6O. The molecule has 1 atom stereocenters. The zero-order valence-electron chi connectivity index (χ0n) is 19.1. The summed E-state index contributed by atoms with van der Waals surface area (Å²) >= 11 is 0. The Morgan fingerprint density at radius 1 is 0.933 bits per heavy atom. The Kier molecular flexibility index (Phi) is 11.7. The van der Waals surface area contributed by atoms with Crippen LogP contribution in [0, 0.1) is 5.92 Å². The van der Waals surface area contributed by atoms with Crippen molar-refractivity contribution in [3.8, 4) is 0 Å². The van der Waals surface area contributed by atoms with Gasteiger partial charge in [0.1, 0.15) is 0 Å². The summed E-state index contributed by atoms with van der Waals surface area (Å²) in [5.74, 6) is 1.63. The van der Waals surface area contributed by atoms with E-state index in [1.54, 1.807) is 0 Å². The largest absolute Gasteiger partial charge is 0.355 e. The summed E-state index contributed by atoms with van der Waals surface area (Å²) in [6.45, 7) is 11.2. The third-order valence-electron chi connectivity index (χ3n) is 6.99. The summed E-state index contributed by atoms with van der Waals surface area (Å²) in [4.78, 5) is 23.9. The summed E-state index contributed by atoms with van der Waals surface area (Å²) < 4.78 is 0.